The highest BCUT2D eigenvalue weighted by Crippen LogP contribution is 2.49. The fourth-order valence-electron chi connectivity index (χ4n) is 3.74. The van der Waals surface area contributed by atoms with Crippen molar-refractivity contribution in [1.29, 1.82) is 5.26 Å². The van der Waals surface area contributed by atoms with Crippen LogP contribution in [0.1, 0.15) is 26.8 Å². The zero-order valence-corrected chi connectivity index (χ0v) is 17.7. The van der Waals surface area contributed by atoms with E-state index in [1.54, 1.807) is 23.5 Å². The number of hydrogen-bond acceptors (Lipinski definition) is 8. The van der Waals surface area contributed by atoms with Crippen molar-refractivity contribution in [2.24, 2.45) is 5.73 Å². The molecular formula is C21H20N4O4S. The number of ether oxygens (including phenoxy) is 3. The molecular weight excluding hydrogens is 404 g/mol. The number of nitrogens with one attached hydrogen (secondary N) is 1. The number of methoxy groups -OCH3 is 2. The molecule has 0 radical (unpaired) electrons. The number of aryl methyl sites for hydroxylation is 2. The number of allylic oxidation sites excluding steroid dienone is 1. The summed E-state index contributed by atoms with van der Waals surface area (Å²) < 4.78 is 16.3. The zero-order valence-electron chi connectivity index (χ0n) is 16.9. The zero-order chi connectivity index (χ0) is 21.6. The minimum atomic E-state index is -0.587. The number of fused-ring (bicyclic) bond motifs is 1. The molecule has 3 aromatic rings. The van der Waals surface area contributed by atoms with Crippen molar-refractivity contribution < 1.29 is 19.3 Å². The topological polar surface area (TPSA) is 126 Å². The summed E-state index contributed by atoms with van der Waals surface area (Å²) in [7, 11) is 2.90. The molecule has 0 fully saturated rings. The molecule has 0 saturated heterocycles. The molecule has 9 heteroatoms. The molecule has 0 saturated carbocycles. The Morgan fingerprint density at radius 1 is 1.23 bits per heavy atom. The van der Waals surface area contributed by atoms with Crippen LogP contribution in [0.4, 0.5) is 0 Å². The first-order valence-corrected chi connectivity index (χ1v) is 9.89. The molecule has 3 heterocycles. The van der Waals surface area contributed by atoms with Gasteiger partial charge >= 0.3 is 0 Å². The van der Waals surface area contributed by atoms with E-state index in [2.05, 4.69) is 22.3 Å². The van der Waals surface area contributed by atoms with Gasteiger partial charge in [0.2, 0.25) is 17.5 Å². The number of nitriles is 1. The van der Waals surface area contributed by atoms with Gasteiger partial charge in [-0.05, 0) is 37.6 Å². The first-order valence-electron chi connectivity index (χ1n) is 9.07. The second-order valence-electron chi connectivity index (χ2n) is 6.84. The van der Waals surface area contributed by atoms with Crippen molar-refractivity contribution in [1.82, 2.24) is 10.2 Å². The van der Waals surface area contributed by atoms with Gasteiger partial charge in [0.15, 0.2) is 11.5 Å². The van der Waals surface area contributed by atoms with Gasteiger partial charge in [-0.2, -0.15) is 5.26 Å². The van der Waals surface area contributed by atoms with Crippen LogP contribution in [0.25, 0.3) is 11.3 Å². The Kier molecular flexibility index (Phi) is 4.79. The predicted octanol–water partition coefficient (Wildman–Crippen LogP) is 3.70. The van der Waals surface area contributed by atoms with E-state index >= 15 is 0 Å². The number of benzene rings is 1. The van der Waals surface area contributed by atoms with E-state index in [4.69, 9.17) is 19.9 Å². The molecule has 0 aliphatic carbocycles. The molecule has 4 N–H and O–H groups in total. The third-order valence-corrected chi connectivity index (χ3v) is 6.05. The summed E-state index contributed by atoms with van der Waals surface area (Å²) in [5.74, 6) is 0.0264. The van der Waals surface area contributed by atoms with Crippen LogP contribution in [-0.2, 0) is 0 Å². The maximum absolute atomic E-state index is 10.3. The third-order valence-electron chi connectivity index (χ3n) is 5.08. The van der Waals surface area contributed by atoms with Gasteiger partial charge < -0.3 is 25.1 Å². The van der Waals surface area contributed by atoms with E-state index < -0.39 is 5.92 Å². The Labute approximate surface area is 177 Å². The Morgan fingerprint density at radius 2 is 1.90 bits per heavy atom. The smallest absolute Gasteiger partial charge is 0.244 e. The van der Waals surface area contributed by atoms with Crippen molar-refractivity contribution in [2.45, 2.75) is 19.8 Å². The van der Waals surface area contributed by atoms with E-state index in [0.717, 1.165) is 21.0 Å². The Hall–Kier alpha value is -3.64. The van der Waals surface area contributed by atoms with E-state index in [1.807, 2.05) is 13.8 Å². The van der Waals surface area contributed by atoms with Crippen LogP contribution < -0.4 is 19.9 Å². The summed E-state index contributed by atoms with van der Waals surface area (Å²) in [5, 5.41) is 27.5. The van der Waals surface area contributed by atoms with Crippen LogP contribution in [0.15, 0.2) is 29.7 Å². The maximum Gasteiger partial charge on any atom is 0.244 e. The van der Waals surface area contributed by atoms with Crippen LogP contribution in [0.5, 0.6) is 23.1 Å². The molecule has 0 bridgehead atoms. The number of hydrogen-bond donors (Lipinski definition) is 3. The number of aromatic nitrogens is 2. The van der Waals surface area contributed by atoms with Gasteiger partial charge in [-0.15, -0.1) is 16.4 Å². The standard InChI is InChI=1S/C21H20N4O4S/c1-9-5-12(10(2)30-9)18-17-16(13(8-22)20(23)29-21(17)25-24-18)11-6-14(27-3)19(26)15(7-11)28-4/h5-7,16,26H,23H2,1-4H3,(H,24,25). The van der Waals surface area contributed by atoms with Gasteiger partial charge in [0.25, 0.3) is 0 Å². The summed E-state index contributed by atoms with van der Waals surface area (Å²) in [4.78, 5) is 2.27. The highest BCUT2D eigenvalue weighted by molar-refractivity contribution is 7.12. The van der Waals surface area contributed by atoms with Crippen molar-refractivity contribution in [2.75, 3.05) is 14.2 Å². The molecule has 2 aromatic heterocycles. The summed E-state index contributed by atoms with van der Waals surface area (Å²) in [6.07, 6.45) is 0. The van der Waals surface area contributed by atoms with Gasteiger partial charge in [-0.25, -0.2) is 0 Å². The number of phenols is 1. The van der Waals surface area contributed by atoms with E-state index in [0.29, 0.717) is 17.0 Å². The third kappa shape index (κ3) is 2.93. The quantitative estimate of drug-likeness (QED) is 0.583. The Morgan fingerprint density at radius 3 is 2.43 bits per heavy atom. The number of aromatic amines is 1. The lowest BCUT2D eigenvalue weighted by molar-refractivity contribution is 0.338. The van der Waals surface area contributed by atoms with Crippen molar-refractivity contribution >= 4 is 11.3 Å². The molecule has 1 aromatic carbocycles. The second kappa shape index (κ2) is 7.31. The largest absolute Gasteiger partial charge is 0.502 e. The molecule has 30 heavy (non-hydrogen) atoms. The lowest BCUT2D eigenvalue weighted by Gasteiger charge is -2.25. The van der Waals surface area contributed by atoms with Crippen molar-refractivity contribution in [3.8, 4) is 40.5 Å². The van der Waals surface area contributed by atoms with Gasteiger partial charge in [-0.3, -0.25) is 5.10 Å². The fourth-order valence-corrected chi connectivity index (χ4v) is 4.67. The van der Waals surface area contributed by atoms with E-state index in [1.165, 1.54) is 14.2 Å². The Bertz CT molecular complexity index is 1190. The first kappa shape index (κ1) is 19.7. The average molecular weight is 424 g/mol. The van der Waals surface area contributed by atoms with Crippen LogP contribution in [0, 0.1) is 25.2 Å². The minimum Gasteiger partial charge on any atom is -0.502 e. The fraction of sp³-hybridized carbons (Fsp3) is 0.238. The average Bonchev–Trinajstić information content (AvgIpc) is 3.28. The molecule has 0 spiro atoms. The number of H-pyrrole nitrogens is 1. The van der Waals surface area contributed by atoms with Crippen molar-refractivity contribution in [3.05, 3.63) is 50.5 Å². The predicted molar refractivity (Wildman–Crippen MR) is 112 cm³/mol. The summed E-state index contributed by atoms with van der Waals surface area (Å²) in [6, 6.07) is 7.55. The number of thiophene rings is 1. The van der Waals surface area contributed by atoms with Gasteiger partial charge in [0.1, 0.15) is 11.6 Å². The van der Waals surface area contributed by atoms with Crippen molar-refractivity contribution in [3.63, 3.8) is 0 Å². The number of rotatable bonds is 4. The molecule has 8 nitrogen and oxygen atoms in total. The highest BCUT2D eigenvalue weighted by atomic mass is 32.1. The van der Waals surface area contributed by atoms with Crippen LogP contribution in [0.3, 0.4) is 0 Å². The lowest BCUT2D eigenvalue weighted by atomic mass is 9.82. The Balaban J connectivity index is 2.00. The molecule has 154 valence electrons. The monoisotopic (exact) mass is 424 g/mol. The van der Waals surface area contributed by atoms with Gasteiger partial charge in [-0.1, -0.05) is 0 Å². The van der Waals surface area contributed by atoms with Gasteiger partial charge in [0.05, 0.1) is 31.4 Å². The first-order chi connectivity index (χ1) is 14.4. The molecule has 1 aliphatic rings. The number of aromatic hydroxyl groups is 1. The summed E-state index contributed by atoms with van der Waals surface area (Å²) in [5.41, 5.74) is 9.37. The molecule has 0 amide bonds. The van der Waals surface area contributed by atoms with Crippen LogP contribution >= 0.6 is 11.3 Å². The minimum absolute atomic E-state index is 0.0164. The van der Waals surface area contributed by atoms with E-state index in [9.17, 15) is 10.4 Å². The number of phenolic OH excluding ortho intramolecular Hbond substituents is 1. The summed E-state index contributed by atoms with van der Waals surface area (Å²) in [6.45, 7) is 4.06. The summed E-state index contributed by atoms with van der Waals surface area (Å²) >= 11 is 1.67. The number of nitrogens with zero attached hydrogens (tertiary/aromatic N) is 2. The normalized spacial score (nSPS) is 15.4. The van der Waals surface area contributed by atoms with Crippen LogP contribution in [-0.4, -0.2) is 29.5 Å². The second-order valence-corrected chi connectivity index (χ2v) is 8.30. The highest BCUT2D eigenvalue weighted by Gasteiger charge is 2.37. The van der Waals surface area contributed by atoms with Crippen LogP contribution in [0.2, 0.25) is 0 Å². The molecule has 1 unspecified atom stereocenters. The molecule has 4 rings (SSSR count). The van der Waals surface area contributed by atoms with E-state index in [-0.39, 0.29) is 28.7 Å². The molecule has 1 atom stereocenters. The molecule has 1 aliphatic heterocycles. The SMILES string of the molecule is COc1cc(C2C(C#N)=C(N)Oc3n[nH]c(-c4cc(C)sc4C)c32)cc(OC)c1O. The lowest BCUT2D eigenvalue weighted by Crippen LogP contribution is -2.21. The van der Waals surface area contributed by atoms with Gasteiger partial charge in [0, 0.05) is 15.3 Å². The maximum atomic E-state index is 10.3. The number of nitrogens with two attached hydrogens (primary N) is 1.